The topological polar surface area (TPSA) is 98.0 Å². The monoisotopic (exact) mass is 278 g/mol. The molecule has 2 aromatic rings. The van der Waals surface area contributed by atoms with E-state index in [1.165, 1.54) is 12.3 Å². The van der Waals surface area contributed by atoms with Gasteiger partial charge in [-0.25, -0.2) is 8.42 Å². The van der Waals surface area contributed by atoms with Gasteiger partial charge in [0.25, 0.3) is 10.0 Å². The van der Waals surface area contributed by atoms with Gasteiger partial charge in [0, 0.05) is 11.9 Å². The summed E-state index contributed by atoms with van der Waals surface area (Å²) < 4.78 is 27.0. The Morgan fingerprint density at radius 2 is 2.00 bits per heavy atom. The minimum absolute atomic E-state index is 0.149. The molecule has 7 heteroatoms. The first-order chi connectivity index (χ1) is 8.90. The number of rotatable bonds is 3. The van der Waals surface area contributed by atoms with E-state index in [1.54, 1.807) is 32.0 Å². The highest BCUT2D eigenvalue weighted by Crippen LogP contribution is 2.24. The molecule has 1 aromatic carbocycles. The molecule has 0 radical (unpaired) electrons. The van der Waals surface area contributed by atoms with Crippen LogP contribution in [0.4, 0.5) is 11.5 Å². The van der Waals surface area contributed by atoms with Gasteiger partial charge in [-0.2, -0.15) is 5.10 Å². The molecule has 0 aliphatic rings. The van der Waals surface area contributed by atoms with Crippen molar-refractivity contribution in [3.8, 4) is 0 Å². The van der Waals surface area contributed by atoms with Crippen LogP contribution in [-0.4, -0.2) is 18.6 Å². The Hall–Kier alpha value is -2.15. The Morgan fingerprint density at radius 3 is 2.63 bits per heavy atom. The van der Waals surface area contributed by atoms with E-state index in [-0.39, 0.29) is 10.7 Å². The van der Waals surface area contributed by atoms with Crippen molar-refractivity contribution in [2.24, 2.45) is 0 Å². The summed E-state index contributed by atoms with van der Waals surface area (Å²) >= 11 is 0. The molecule has 1 heterocycles. The maximum Gasteiger partial charge on any atom is 0.263 e. The van der Waals surface area contributed by atoms with Crippen LogP contribution in [0.25, 0.3) is 0 Å². The summed E-state index contributed by atoms with van der Waals surface area (Å²) in [6.45, 7) is 3.46. The van der Waals surface area contributed by atoms with Gasteiger partial charge in [0.2, 0.25) is 0 Å². The maximum absolute atomic E-state index is 12.3. The lowest BCUT2D eigenvalue weighted by Crippen LogP contribution is -2.16. The molecule has 100 valence electrons. The number of aryl methyl sites for hydroxylation is 1. The number of nitrogen functional groups attached to an aromatic ring is 1. The molecule has 2 rings (SSSR count). The minimum atomic E-state index is -3.72. The first-order valence-electron chi connectivity index (χ1n) is 5.57. The summed E-state index contributed by atoms with van der Waals surface area (Å²) in [5, 5.41) is 7.31. The highest BCUT2D eigenvalue weighted by molar-refractivity contribution is 7.92. The summed E-state index contributed by atoms with van der Waals surface area (Å²) in [5.74, 6) is 0.168. The van der Waals surface area contributed by atoms with Crippen molar-refractivity contribution < 1.29 is 8.42 Å². The zero-order valence-electron chi connectivity index (χ0n) is 10.6. The summed E-state index contributed by atoms with van der Waals surface area (Å²) in [6.07, 6.45) is 1.47. The molecule has 0 aliphatic carbocycles. The molecule has 0 saturated carbocycles. The van der Waals surface area contributed by atoms with Crippen LogP contribution in [0.3, 0.4) is 0 Å². The van der Waals surface area contributed by atoms with Gasteiger partial charge < -0.3 is 5.73 Å². The molecule has 0 bridgehead atoms. The summed E-state index contributed by atoms with van der Waals surface area (Å²) in [4.78, 5) is 0.149. The van der Waals surface area contributed by atoms with E-state index in [0.717, 1.165) is 5.56 Å². The number of hydrogen-bond donors (Lipinski definition) is 2. The largest absolute Gasteiger partial charge is 0.398 e. The fourth-order valence-corrected chi connectivity index (χ4v) is 3.04. The van der Waals surface area contributed by atoms with Crippen LogP contribution in [-0.2, 0) is 10.0 Å². The van der Waals surface area contributed by atoms with Crippen LogP contribution in [0, 0.1) is 13.8 Å². The first-order valence-corrected chi connectivity index (χ1v) is 7.06. The Bertz CT molecular complexity index is 699. The number of hydrogen-bond acceptors (Lipinski definition) is 5. The molecule has 0 aliphatic heterocycles. The number of nitrogens with one attached hydrogen (secondary N) is 1. The van der Waals surface area contributed by atoms with Crippen molar-refractivity contribution in [2.75, 3.05) is 10.5 Å². The molecule has 0 amide bonds. The smallest absolute Gasteiger partial charge is 0.263 e. The highest BCUT2D eigenvalue weighted by atomic mass is 32.2. The minimum Gasteiger partial charge on any atom is -0.398 e. The van der Waals surface area contributed by atoms with E-state index in [2.05, 4.69) is 14.9 Å². The number of nitrogens with two attached hydrogens (primary N) is 1. The van der Waals surface area contributed by atoms with Crippen molar-refractivity contribution >= 4 is 21.5 Å². The van der Waals surface area contributed by atoms with Crippen molar-refractivity contribution in [1.29, 1.82) is 0 Å². The van der Waals surface area contributed by atoms with Gasteiger partial charge in [-0.05, 0) is 49.2 Å². The predicted molar refractivity (Wildman–Crippen MR) is 73.2 cm³/mol. The van der Waals surface area contributed by atoms with Crippen molar-refractivity contribution in [1.82, 2.24) is 10.2 Å². The molecule has 6 nitrogen and oxygen atoms in total. The van der Waals surface area contributed by atoms with Crippen molar-refractivity contribution in [3.05, 3.63) is 41.6 Å². The van der Waals surface area contributed by atoms with Crippen molar-refractivity contribution in [2.45, 2.75) is 18.7 Å². The van der Waals surface area contributed by atoms with Crippen LogP contribution < -0.4 is 10.5 Å². The number of aromatic nitrogens is 2. The Balaban J connectivity index is 2.46. The molecule has 0 saturated heterocycles. The number of anilines is 2. The molecule has 0 fully saturated rings. The molecule has 0 spiro atoms. The fraction of sp³-hybridized carbons (Fsp3) is 0.167. The third kappa shape index (κ3) is 2.82. The highest BCUT2D eigenvalue weighted by Gasteiger charge is 2.19. The van der Waals surface area contributed by atoms with Gasteiger partial charge in [0.05, 0.1) is 4.90 Å². The lowest BCUT2D eigenvalue weighted by Gasteiger charge is -2.12. The Labute approximate surface area is 111 Å². The second-order valence-electron chi connectivity index (χ2n) is 4.19. The van der Waals surface area contributed by atoms with Gasteiger partial charge in [-0.15, -0.1) is 5.10 Å². The van der Waals surface area contributed by atoms with Crippen LogP contribution in [0.2, 0.25) is 0 Å². The lowest BCUT2D eigenvalue weighted by molar-refractivity contribution is 0.600. The average Bonchev–Trinajstić information content (AvgIpc) is 2.34. The molecule has 3 N–H and O–H groups in total. The van der Waals surface area contributed by atoms with E-state index in [9.17, 15) is 8.42 Å². The Morgan fingerprint density at radius 1 is 1.26 bits per heavy atom. The van der Waals surface area contributed by atoms with E-state index in [1.807, 2.05) is 0 Å². The number of benzene rings is 1. The lowest BCUT2D eigenvalue weighted by atomic mass is 10.1. The van der Waals surface area contributed by atoms with Crippen LogP contribution >= 0.6 is 0 Å². The molecular weight excluding hydrogens is 264 g/mol. The summed E-state index contributed by atoms with van der Waals surface area (Å²) in [5.41, 5.74) is 7.53. The summed E-state index contributed by atoms with van der Waals surface area (Å²) in [6, 6.07) is 6.43. The quantitative estimate of drug-likeness (QED) is 0.829. The third-order valence-electron chi connectivity index (χ3n) is 2.65. The van der Waals surface area contributed by atoms with Crippen molar-refractivity contribution in [3.63, 3.8) is 0 Å². The zero-order chi connectivity index (χ0) is 14.0. The molecule has 1 aromatic heterocycles. The first kappa shape index (κ1) is 13.3. The maximum atomic E-state index is 12.3. The SMILES string of the molecule is Cc1cc(N)c(C)c(S(=O)(=O)Nc2cccnn2)c1. The molecule has 0 unspecified atom stereocenters. The van der Waals surface area contributed by atoms with E-state index in [0.29, 0.717) is 11.3 Å². The van der Waals surface area contributed by atoms with E-state index < -0.39 is 10.0 Å². The second-order valence-corrected chi connectivity index (χ2v) is 5.84. The average molecular weight is 278 g/mol. The van der Waals surface area contributed by atoms with Crippen LogP contribution in [0.1, 0.15) is 11.1 Å². The van der Waals surface area contributed by atoms with Gasteiger partial charge in [0.1, 0.15) is 0 Å². The second kappa shape index (κ2) is 4.85. The van der Waals surface area contributed by atoms with Gasteiger partial charge in [0.15, 0.2) is 5.82 Å². The predicted octanol–water partition coefficient (Wildman–Crippen LogP) is 1.48. The third-order valence-corrected chi connectivity index (χ3v) is 4.13. The fourth-order valence-electron chi connectivity index (χ4n) is 1.68. The molecular formula is C12H14N4O2S. The summed E-state index contributed by atoms with van der Waals surface area (Å²) in [7, 11) is -3.72. The van der Waals surface area contributed by atoms with E-state index in [4.69, 9.17) is 5.73 Å². The standard InChI is InChI=1S/C12H14N4O2S/c1-8-6-10(13)9(2)11(7-8)19(17,18)16-12-4-3-5-14-15-12/h3-7H,13H2,1-2H3,(H,15,16). The van der Waals surface area contributed by atoms with Gasteiger partial charge in [-0.1, -0.05) is 0 Å². The zero-order valence-corrected chi connectivity index (χ0v) is 11.4. The van der Waals surface area contributed by atoms with Crippen LogP contribution in [0.15, 0.2) is 35.4 Å². The molecule has 0 atom stereocenters. The Kier molecular flexibility index (Phi) is 3.39. The normalized spacial score (nSPS) is 11.3. The van der Waals surface area contributed by atoms with Crippen LogP contribution in [0.5, 0.6) is 0 Å². The van der Waals surface area contributed by atoms with E-state index >= 15 is 0 Å². The van der Waals surface area contributed by atoms with Gasteiger partial charge >= 0.3 is 0 Å². The van der Waals surface area contributed by atoms with Gasteiger partial charge in [-0.3, -0.25) is 4.72 Å². The number of nitrogens with zero attached hydrogens (tertiary/aromatic N) is 2. The number of sulfonamides is 1. The molecule has 19 heavy (non-hydrogen) atoms.